The van der Waals surface area contributed by atoms with Crippen LogP contribution >= 0.6 is 23.4 Å². The van der Waals surface area contributed by atoms with Crippen LogP contribution in [0.4, 0.5) is 0 Å². The summed E-state index contributed by atoms with van der Waals surface area (Å²) in [5.74, 6) is 0.0125. The van der Waals surface area contributed by atoms with Crippen molar-refractivity contribution in [3.8, 4) is 11.4 Å². The number of phenolic OH excluding ortho intramolecular Hbond substituents is 1. The number of rotatable bonds is 6. The van der Waals surface area contributed by atoms with Gasteiger partial charge in [-0.05, 0) is 53.2 Å². The Labute approximate surface area is 159 Å². The Morgan fingerprint density at radius 2 is 2.00 bits per heavy atom. The zero-order valence-corrected chi connectivity index (χ0v) is 15.4. The van der Waals surface area contributed by atoms with Gasteiger partial charge in [0.05, 0.1) is 10.9 Å². The molecule has 0 aliphatic heterocycles. The summed E-state index contributed by atoms with van der Waals surface area (Å²) in [6, 6.07) is 13.8. The highest BCUT2D eigenvalue weighted by Gasteiger charge is 2.19. The molecule has 0 radical (unpaired) electrons. The molecule has 0 saturated heterocycles. The van der Waals surface area contributed by atoms with Crippen molar-refractivity contribution in [3.05, 3.63) is 59.1 Å². The van der Waals surface area contributed by atoms with E-state index in [1.54, 1.807) is 37.3 Å². The molecule has 1 atom stereocenters. The van der Waals surface area contributed by atoms with Crippen molar-refractivity contribution in [2.24, 2.45) is 0 Å². The van der Waals surface area contributed by atoms with Crippen LogP contribution in [0.25, 0.3) is 5.69 Å². The number of phenols is 1. The Hall–Kier alpha value is -2.58. The van der Waals surface area contributed by atoms with E-state index in [-0.39, 0.29) is 11.7 Å². The molecule has 0 fully saturated rings. The average Bonchev–Trinajstić information content (AvgIpc) is 3.09. The third-order valence-corrected chi connectivity index (χ3v) is 5.00. The van der Waals surface area contributed by atoms with Crippen molar-refractivity contribution in [1.29, 1.82) is 0 Å². The van der Waals surface area contributed by atoms with Crippen LogP contribution in [0.2, 0.25) is 5.02 Å². The summed E-state index contributed by atoms with van der Waals surface area (Å²) in [4.78, 5) is 12.4. The zero-order chi connectivity index (χ0) is 18.5. The number of carbonyl (C=O) groups is 1. The molecule has 3 rings (SSSR count). The maximum atomic E-state index is 12.4. The maximum absolute atomic E-state index is 12.4. The zero-order valence-electron chi connectivity index (χ0n) is 13.8. The number of nitrogens with one attached hydrogen (secondary N) is 1. The highest BCUT2D eigenvalue weighted by molar-refractivity contribution is 8.00. The van der Waals surface area contributed by atoms with Crippen LogP contribution in [-0.2, 0) is 11.3 Å². The Morgan fingerprint density at radius 3 is 2.73 bits per heavy atom. The molecule has 7 nitrogen and oxygen atoms in total. The van der Waals surface area contributed by atoms with Crippen molar-refractivity contribution < 1.29 is 9.90 Å². The minimum Gasteiger partial charge on any atom is -0.508 e. The summed E-state index contributed by atoms with van der Waals surface area (Å²) >= 11 is 7.34. The van der Waals surface area contributed by atoms with Gasteiger partial charge in [0.15, 0.2) is 0 Å². The second kappa shape index (κ2) is 8.20. The number of nitrogens with zero attached hydrogens (tertiary/aromatic N) is 4. The molecule has 0 aliphatic carbocycles. The summed E-state index contributed by atoms with van der Waals surface area (Å²) in [6.07, 6.45) is 0. The number of carbonyl (C=O) groups excluding carboxylic acids is 1. The first-order chi connectivity index (χ1) is 12.5. The van der Waals surface area contributed by atoms with Gasteiger partial charge in [-0.1, -0.05) is 41.6 Å². The standard InChI is InChI=1S/C17H16ClN5O2S/c1-11(16(25)19-10-12-4-2-3-5-15(12)18)26-17-20-21-22-23(17)13-6-8-14(24)9-7-13/h2-9,11,24H,10H2,1H3,(H,19,25)/t11-/m0/s1. The van der Waals surface area contributed by atoms with Crippen molar-refractivity contribution in [3.63, 3.8) is 0 Å². The van der Waals surface area contributed by atoms with Gasteiger partial charge in [-0.25, -0.2) is 0 Å². The van der Waals surface area contributed by atoms with E-state index in [1.165, 1.54) is 16.4 Å². The number of benzene rings is 2. The van der Waals surface area contributed by atoms with E-state index in [0.29, 0.717) is 22.4 Å². The molecule has 26 heavy (non-hydrogen) atoms. The van der Waals surface area contributed by atoms with Gasteiger partial charge in [-0.2, -0.15) is 4.68 Å². The number of thioether (sulfide) groups is 1. The van der Waals surface area contributed by atoms with Gasteiger partial charge in [0.2, 0.25) is 11.1 Å². The van der Waals surface area contributed by atoms with Gasteiger partial charge in [-0.15, -0.1) is 5.10 Å². The molecule has 2 N–H and O–H groups in total. The van der Waals surface area contributed by atoms with Gasteiger partial charge in [0.1, 0.15) is 5.75 Å². The van der Waals surface area contributed by atoms with E-state index in [4.69, 9.17) is 11.6 Å². The fourth-order valence-corrected chi connectivity index (χ4v) is 3.22. The van der Waals surface area contributed by atoms with E-state index in [0.717, 1.165) is 5.56 Å². The van der Waals surface area contributed by atoms with Crippen LogP contribution in [-0.4, -0.2) is 36.5 Å². The predicted molar refractivity (Wildman–Crippen MR) is 99.4 cm³/mol. The lowest BCUT2D eigenvalue weighted by atomic mass is 10.2. The number of aromatic hydroxyl groups is 1. The van der Waals surface area contributed by atoms with Crippen LogP contribution < -0.4 is 5.32 Å². The summed E-state index contributed by atoms with van der Waals surface area (Å²) in [5, 5.41) is 24.5. The first-order valence-electron chi connectivity index (χ1n) is 7.80. The molecule has 134 valence electrons. The van der Waals surface area contributed by atoms with Gasteiger partial charge in [0.25, 0.3) is 0 Å². The molecule has 0 bridgehead atoms. The van der Waals surface area contributed by atoms with Gasteiger partial charge < -0.3 is 10.4 Å². The molecule has 3 aromatic rings. The molecule has 1 amide bonds. The van der Waals surface area contributed by atoms with E-state index in [1.807, 2.05) is 18.2 Å². The average molecular weight is 390 g/mol. The van der Waals surface area contributed by atoms with Crippen molar-refractivity contribution in [2.75, 3.05) is 0 Å². The van der Waals surface area contributed by atoms with E-state index in [9.17, 15) is 9.90 Å². The second-order valence-electron chi connectivity index (χ2n) is 5.46. The first kappa shape index (κ1) is 18.2. The van der Waals surface area contributed by atoms with Crippen LogP contribution in [0.15, 0.2) is 53.7 Å². The number of halogens is 1. The Bertz CT molecular complexity index is 900. The summed E-state index contributed by atoms with van der Waals surface area (Å²) in [6.45, 7) is 2.13. The van der Waals surface area contributed by atoms with Crippen LogP contribution in [0, 0.1) is 0 Å². The normalized spacial score (nSPS) is 11.9. The monoisotopic (exact) mass is 389 g/mol. The number of tetrazole rings is 1. The topological polar surface area (TPSA) is 92.9 Å². The number of hydrogen-bond donors (Lipinski definition) is 2. The maximum Gasteiger partial charge on any atom is 0.233 e. The van der Waals surface area contributed by atoms with E-state index in [2.05, 4.69) is 20.8 Å². The molecule has 2 aromatic carbocycles. The Kier molecular flexibility index (Phi) is 5.75. The van der Waals surface area contributed by atoms with Crippen molar-refractivity contribution in [2.45, 2.75) is 23.9 Å². The van der Waals surface area contributed by atoms with Gasteiger partial charge in [0, 0.05) is 11.6 Å². The fraction of sp³-hybridized carbons (Fsp3) is 0.176. The molecular weight excluding hydrogens is 374 g/mol. The van der Waals surface area contributed by atoms with Gasteiger partial charge in [-0.3, -0.25) is 4.79 Å². The largest absolute Gasteiger partial charge is 0.508 e. The van der Waals surface area contributed by atoms with Crippen LogP contribution in [0.3, 0.4) is 0 Å². The summed E-state index contributed by atoms with van der Waals surface area (Å²) in [7, 11) is 0. The van der Waals surface area contributed by atoms with Crippen LogP contribution in [0.1, 0.15) is 12.5 Å². The SMILES string of the molecule is C[C@H](Sc1nnnn1-c1ccc(O)cc1)C(=O)NCc1ccccc1Cl. The van der Waals surface area contributed by atoms with Crippen molar-refractivity contribution in [1.82, 2.24) is 25.5 Å². The second-order valence-corrected chi connectivity index (χ2v) is 7.17. The lowest BCUT2D eigenvalue weighted by molar-refractivity contribution is -0.120. The molecule has 1 heterocycles. The smallest absolute Gasteiger partial charge is 0.233 e. The highest BCUT2D eigenvalue weighted by atomic mass is 35.5. The number of aromatic nitrogens is 4. The van der Waals surface area contributed by atoms with Gasteiger partial charge >= 0.3 is 0 Å². The van der Waals surface area contributed by atoms with E-state index < -0.39 is 5.25 Å². The quantitative estimate of drug-likeness (QED) is 0.630. The predicted octanol–water partition coefficient (Wildman–Crippen LogP) is 2.82. The first-order valence-corrected chi connectivity index (χ1v) is 9.06. The van der Waals surface area contributed by atoms with E-state index >= 15 is 0 Å². The third kappa shape index (κ3) is 4.33. The van der Waals surface area contributed by atoms with Crippen LogP contribution in [0.5, 0.6) is 5.75 Å². The minimum absolute atomic E-state index is 0.143. The molecular formula is C17H16ClN5O2S. The Morgan fingerprint density at radius 1 is 1.27 bits per heavy atom. The number of hydrogen-bond acceptors (Lipinski definition) is 6. The lowest BCUT2D eigenvalue weighted by Gasteiger charge is -2.12. The molecule has 1 aromatic heterocycles. The molecule has 0 unspecified atom stereocenters. The summed E-state index contributed by atoms with van der Waals surface area (Å²) < 4.78 is 1.52. The lowest BCUT2D eigenvalue weighted by Crippen LogP contribution is -2.30. The molecule has 0 saturated carbocycles. The molecule has 0 spiro atoms. The number of amides is 1. The highest BCUT2D eigenvalue weighted by Crippen LogP contribution is 2.24. The molecule has 9 heteroatoms. The minimum atomic E-state index is -0.403. The molecule has 0 aliphatic rings. The summed E-state index contributed by atoms with van der Waals surface area (Å²) in [5.41, 5.74) is 1.55. The van der Waals surface area contributed by atoms with Crippen molar-refractivity contribution >= 4 is 29.3 Å². The fourth-order valence-electron chi connectivity index (χ4n) is 2.19. The third-order valence-electron chi connectivity index (χ3n) is 3.60. The Balaban J connectivity index is 1.64.